The summed E-state index contributed by atoms with van der Waals surface area (Å²) in [6, 6.07) is 9.51. The fourth-order valence-corrected chi connectivity index (χ4v) is 2.93. The van der Waals surface area contributed by atoms with E-state index < -0.39 is 0 Å². The molecule has 0 saturated heterocycles. The first-order valence-electron chi connectivity index (χ1n) is 7.51. The summed E-state index contributed by atoms with van der Waals surface area (Å²) in [5, 5.41) is 8.85. The van der Waals surface area contributed by atoms with E-state index >= 15 is 0 Å². The zero-order chi connectivity index (χ0) is 17.3. The Morgan fingerprint density at radius 3 is 2.62 bits per heavy atom. The Balaban J connectivity index is 1.88. The number of nitrogens with zero attached hydrogens (tertiary/aromatic N) is 5. The van der Waals surface area contributed by atoms with Gasteiger partial charge in [-0.3, -0.25) is 9.48 Å². The number of amides is 1. The van der Waals surface area contributed by atoms with Gasteiger partial charge in [0.15, 0.2) is 0 Å². The van der Waals surface area contributed by atoms with Gasteiger partial charge in [-0.2, -0.15) is 10.2 Å². The lowest BCUT2D eigenvalue weighted by Gasteiger charge is -2.16. The molecule has 0 spiro atoms. The van der Waals surface area contributed by atoms with Gasteiger partial charge in [0.05, 0.1) is 23.1 Å². The fraction of sp³-hybridized carbons (Fsp3) is 0.235. The van der Waals surface area contributed by atoms with Crippen molar-refractivity contribution in [2.75, 3.05) is 7.05 Å². The predicted molar refractivity (Wildman–Crippen MR) is 92.3 cm³/mol. The van der Waals surface area contributed by atoms with Crippen LogP contribution in [-0.2, 0) is 13.6 Å². The van der Waals surface area contributed by atoms with Crippen LogP contribution in [0.1, 0.15) is 21.6 Å². The lowest BCUT2D eigenvalue weighted by Crippen LogP contribution is -2.26. The van der Waals surface area contributed by atoms with Crippen molar-refractivity contribution in [1.82, 2.24) is 24.5 Å². The SMILES string of the molecule is Cc1nn(-c2ccccc2)c(Cl)c1C(=O)N(C)Cc1cnn(C)c1. The van der Waals surface area contributed by atoms with Crippen molar-refractivity contribution < 1.29 is 4.79 Å². The van der Waals surface area contributed by atoms with Crippen LogP contribution in [0, 0.1) is 6.92 Å². The van der Waals surface area contributed by atoms with E-state index in [9.17, 15) is 4.79 Å². The second-order valence-corrected chi connectivity index (χ2v) is 6.04. The Morgan fingerprint density at radius 1 is 1.29 bits per heavy atom. The van der Waals surface area contributed by atoms with E-state index in [-0.39, 0.29) is 5.91 Å². The smallest absolute Gasteiger partial charge is 0.258 e. The molecule has 0 bridgehead atoms. The summed E-state index contributed by atoms with van der Waals surface area (Å²) in [5.74, 6) is -0.163. The monoisotopic (exact) mass is 343 g/mol. The van der Waals surface area contributed by atoms with Gasteiger partial charge in [-0.1, -0.05) is 29.8 Å². The highest BCUT2D eigenvalue weighted by atomic mass is 35.5. The van der Waals surface area contributed by atoms with Crippen LogP contribution in [0.25, 0.3) is 5.69 Å². The maximum Gasteiger partial charge on any atom is 0.258 e. The molecule has 0 fully saturated rings. The van der Waals surface area contributed by atoms with Crippen molar-refractivity contribution in [3.05, 3.63) is 64.7 Å². The first-order valence-corrected chi connectivity index (χ1v) is 7.88. The maximum absolute atomic E-state index is 12.8. The lowest BCUT2D eigenvalue weighted by molar-refractivity contribution is 0.0784. The van der Waals surface area contributed by atoms with Crippen molar-refractivity contribution in [1.29, 1.82) is 0 Å². The number of halogens is 1. The molecule has 0 aliphatic rings. The zero-order valence-corrected chi connectivity index (χ0v) is 14.5. The molecule has 0 radical (unpaired) electrons. The topological polar surface area (TPSA) is 56.0 Å². The number of benzene rings is 1. The van der Waals surface area contributed by atoms with Gasteiger partial charge in [0, 0.05) is 32.4 Å². The van der Waals surface area contributed by atoms with E-state index in [2.05, 4.69) is 10.2 Å². The highest BCUT2D eigenvalue weighted by Gasteiger charge is 2.24. The third-order valence-corrected chi connectivity index (χ3v) is 4.09. The molecule has 6 nitrogen and oxygen atoms in total. The number of para-hydroxylation sites is 1. The van der Waals surface area contributed by atoms with Crippen LogP contribution in [0.5, 0.6) is 0 Å². The number of rotatable bonds is 4. The van der Waals surface area contributed by atoms with Crippen LogP contribution in [0.15, 0.2) is 42.7 Å². The zero-order valence-electron chi connectivity index (χ0n) is 13.8. The Bertz CT molecular complexity index is 868. The molecule has 0 atom stereocenters. The number of aryl methyl sites for hydroxylation is 2. The van der Waals surface area contributed by atoms with E-state index in [0.717, 1.165) is 11.3 Å². The van der Waals surface area contributed by atoms with Crippen LogP contribution >= 0.6 is 11.6 Å². The van der Waals surface area contributed by atoms with E-state index in [0.29, 0.717) is 23.0 Å². The minimum absolute atomic E-state index is 0.163. The first kappa shape index (κ1) is 16.3. The number of carbonyl (C=O) groups is 1. The van der Waals surface area contributed by atoms with Crippen molar-refractivity contribution >= 4 is 17.5 Å². The molecule has 0 aliphatic carbocycles. The minimum Gasteiger partial charge on any atom is -0.337 e. The largest absolute Gasteiger partial charge is 0.337 e. The predicted octanol–water partition coefficient (Wildman–Crippen LogP) is 2.84. The van der Waals surface area contributed by atoms with Gasteiger partial charge in [0.2, 0.25) is 0 Å². The van der Waals surface area contributed by atoms with Crippen LogP contribution in [0.3, 0.4) is 0 Å². The van der Waals surface area contributed by atoms with Gasteiger partial charge < -0.3 is 4.90 Å². The van der Waals surface area contributed by atoms with Crippen LogP contribution in [0.4, 0.5) is 0 Å². The summed E-state index contributed by atoms with van der Waals surface area (Å²) in [6.45, 7) is 2.25. The van der Waals surface area contributed by atoms with Gasteiger partial charge in [0.25, 0.3) is 5.91 Å². The summed E-state index contributed by atoms with van der Waals surface area (Å²) in [5.41, 5.74) is 2.80. The molecular weight excluding hydrogens is 326 g/mol. The second kappa shape index (κ2) is 6.49. The van der Waals surface area contributed by atoms with Crippen molar-refractivity contribution in [2.45, 2.75) is 13.5 Å². The Morgan fingerprint density at radius 2 is 2.00 bits per heavy atom. The number of carbonyl (C=O) groups excluding carboxylic acids is 1. The number of hydrogen-bond donors (Lipinski definition) is 0. The van der Waals surface area contributed by atoms with Crippen molar-refractivity contribution in [3.8, 4) is 5.69 Å². The maximum atomic E-state index is 12.8. The normalized spacial score (nSPS) is 10.8. The van der Waals surface area contributed by atoms with Crippen molar-refractivity contribution in [3.63, 3.8) is 0 Å². The first-order chi connectivity index (χ1) is 11.5. The van der Waals surface area contributed by atoms with Gasteiger partial charge in [-0.05, 0) is 19.1 Å². The van der Waals surface area contributed by atoms with Gasteiger partial charge >= 0.3 is 0 Å². The standard InChI is InChI=1S/C17H18ClN5O/c1-12-15(16(18)23(20-12)14-7-5-4-6-8-14)17(24)21(2)10-13-9-19-22(3)11-13/h4-9,11H,10H2,1-3H3. The van der Waals surface area contributed by atoms with Crippen LogP contribution in [-0.4, -0.2) is 37.4 Å². The van der Waals surface area contributed by atoms with Crippen LogP contribution in [0.2, 0.25) is 5.15 Å². The molecule has 7 heteroatoms. The molecule has 24 heavy (non-hydrogen) atoms. The molecule has 0 unspecified atom stereocenters. The third kappa shape index (κ3) is 3.05. The minimum atomic E-state index is -0.163. The highest BCUT2D eigenvalue weighted by Crippen LogP contribution is 2.25. The number of hydrogen-bond acceptors (Lipinski definition) is 3. The highest BCUT2D eigenvalue weighted by molar-refractivity contribution is 6.33. The van der Waals surface area contributed by atoms with E-state index in [1.807, 2.05) is 43.6 Å². The second-order valence-electron chi connectivity index (χ2n) is 5.68. The number of aromatic nitrogens is 4. The molecule has 3 aromatic rings. The molecule has 1 amide bonds. The van der Waals surface area contributed by atoms with Gasteiger partial charge in [-0.25, -0.2) is 4.68 Å². The van der Waals surface area contributed by atoms with Crippen molar-refractivity contribution in [2.24, 2.45) is 7.05 Å². The molecule has 124 valence electrons. The molecule has 2 aromatic heterocycles. The molecule has 0 aliphatic heterocycles. The quantitative estimate of drug-likeness (QED) is 0.732. The average Bonchev–Trinajstić information content (AvgIpc) is 3.10. The van der Waals surface area contributed by atoms with Gasteiger partial charge in [0.1, 0.15) is 5.15 Å². The fourth-order valence-electron chi connectivity index (χ4n) is 2.57. The molecule has 0 N–H and O–H groups in total. The lowest BCUT2D eigenvalue weighted by atomic mass is 10.2. The van der Waals surface area contributed by atoms with E-state index in [4.69, 9.17) is 11.6 Å². The molecule has 1 aromatic carbocycles. The van der Waals surface area contributed by atoms with Crippen LogP contribution < -0.4 is 0 Å². The summed E-state index contributed by atoms with van der Waals surface area (Å²) in [6.07, 6.45) is 3.62. The Labute approximate surface area is 145 Å². The van der Waals surface area contributed by atoms with Gasteiger partial charge in [-0.15, -0.1) is 0 Å². The molecular formula is C17H18ClN5O. The Kier molecular flexibility index (Phi) is 4.40. The van der Waals surface area contributed by atoms with E-state index in [1.54, 1.807) is 34.4 Å². The molecule has 3 rings (SSSR count). The Hall–Kier alpha value is -2.60. The average molecular weight is 344 g/mol. The molecule has 2 heterocycles. The molecule has 0 saturated carbocycles. The van der Waals surface area contributed by atoms with E-state index in [1.165, 1.54) is 0 Å². The summed E-state index contributed by atoms with van der Waals surface area (Å²) >= 11 is 6.45. The summed E-state index contributed by atoms with van der Waals surface area (Å²) in [7, 11) is 3.58. The summed E-state index contributed by atoms with van der Waals surface area (Å²) in [4.78, 5) is 14.4. The third-order valence-electron chi connectivity index (χ3n) is 3.74. The summed E-state index contributed by atoms with van der Waals surface area (Å²) < 4.78 is 3.29.